The maximum absolute atomic E-state index is 13.4. The second kappa shape index (κ2) is 13.1. The Bertz CT molecular complexity index is 2020. The monoisotopic (exact) mass is 603 g/mol. The average Bonchev–Trinajstić information content (AvgIpc) is 3.74. The van der Waals surface area contributed by atoms with Crippen LogP contribution in [0.25, 0.3) is 40.1 Å². The molecule has 0 aliphatic heterocycles. The average molecular weight is 604 g/mol. The molecule has 0 saturated heterocycles. The van der Waals surface area contributed by atoms with E-state index in [2.05, 4.69) is 30.0 Å². The van der Waals surface area contributed by atoms with Crippen molar-refractivity contribution in [3.63, 3.8) is 0 Å². The Kier molecular flexibility index (Phi) is 8.65. The molecule has 0 aliphatic carbocycles. The van der Waals surface area contributed by atoms with Gasteiger partial charge in [0.1, 0.15) is 17.2 Å². The third-order valence-electron chi connectivity index (χ3n) is 6.94. The summed E-state index contributed by atoms with van der Waals surface area (Å²) in [6.07, 6.45) is 9.46. The van der Waals surface area contributed by atoms with Crippen molar-refractivity contribution in [2.45, 2.75) is 33.6 Å². The van der Waals surface area contributed by atoms with Gasteiger partial charge in [-0.1, -0.05) is 61.6 Å². The summed E-state index contributed by atoms with van der Waals surface area (Å²) in [5.41, 5.74) is 5.27. The van der Waals surface area contributed by atoms with Crippen LogP contribution in [0.1, 0.15) is 49.2 Å². The molecule has 3 heterocycles. The van der Waals surface area contributed by atoms with Crippen molar-refractivity contribution in [2.24, 2.45) is 0 Å². The molecule has 0 amide bonds. The summed E-state index contributed by atoms with van der Waals surface area (Å²) in [7, 11) is 0. The third-order valence-corrected chi connectivity index (χ3v) is 7.90. The molecular formula is C35H33N5O3S. The molecular weight excluding hydrogens is 570 g/mol. The molecule has 0 N–H and O–H groups in total. The molecule has 3 aromatic heterocycles. The van der Waals surface area contributed by atoms with Crippen LogP contribution < -0.4 is 19.6 Å². The fraction of sp³-hybridized carbons (Fsp3) is 0.200. The molecule has 6 aromatic rings. The van der Waals surface area contributed by atoms with Gasteiger partial charge < -0.3 is 9.47 Å². The number of benzene rings is 3. The predicted octanol–water partition coefficient (Wildman–Crippen LogP) is 6.61. The van der Waals surface area contributed by atoms with E-state index < -0.39 is 0 Å². The maximum Gasteiger partial charge on any atom is 0.291 e. The predicted molar refractivity (Wildman–Crippen MR) is 177 cm³/mol. The summed E-state index contributed by atoms with van der Waals surface area (Å²) >= 11 is 1.31. The molecule has 0 aliphatic rings. The fourth-order valence-corrected chi connectivity index (χ4v) is 5.63. The van der Waals surface area contributed by atoms with Crippen LogP contribution in [0.3, 0.4) is 0 Å². The van der Waals surface area contributed by atoms with Crippen LogP contribution in [0.4, 0.5) is 0 Å². The van der Waals surface area contributed by atoms with E-state index in [0.717, 1.165) is 58.0 Å². The molecule has 0 radical (unpaired) electrons. The number of aryl methyl sites for hydroxylation is 1. The summed E-state index contributed by atoms with van der Waals surface area (Å²) in [6.45, 7) is 7.56. The zero-order chi connectivity index (χ0) is 30.5. The Balaban J connectivity index is 1.33. The minimum atomic E-state index is -0.215. The molecule has 0 unspecified atom stereocenters. The Morgan fingerprint density at radius 1 is 0.886 bits per heavy atom. The van der Waals surface area contributed by atoms with E-state index in [9.17, 15) is 4.79 Å². The Morgan fingerprint density at radius 2 is 1.66 bits per heavy atom. The van der Waals surface area contributed by atoms with Crippen LogP contribution in [0.15, 0.2) is 83.8 Å². The molecule has 0 saturated carbocycles. The molecule has 6 rings (SSSR count). The van der Waals surface area contributed by atoms with Crippen molar-refractivity contribution in [3.05, 3.63) is 116 Å². The first-order valence-corrected chi connectivity index (χ1v) is 15.5. The van der Waals surface area contributed by atoms with Crippen molar-refractivity contribution in [1.82, 2.24) is 24.4 Å². The van der Waals surface area contributed by atoms with Crippen molar-refractivity contribution >= 4 is 34.5 Å². The number of thiazole rings is 1. The van der Waals surface area contributed by atoms with Gasteiger partial charge >= 0.3 is 0 Å². The second-order valence-electron chi connectivity index (χ2n) is 10.4. The van der Waals surface area contributed by atoms with E-state index in [1.165, 1.54) is 15.9 Å². The van der Waals surface area contributed by atoms with E-state index in [0.29, 0.717) is 28.5 Å². The van der Waals surface area contributed by atoms with Crippen molar-refractivity contribution in [2.75, 3.05) is 13.2 Å². The normalized spacial score (nSPS) is 12.0. The van der Waals surface area contributed by atoms with E-state index in [4.69, 9.17) is 14.6 Å². The minimum absolute atomic E-state index is 0.215. The lowest BCUT2D eigenvalue weighted by Crippen LogP contribution is -2.23. The van der Waals surface area contributed by atoms with Crippen molar-refractivity contribution in [3.8, 4) is 28.4 Å². The van der Waals surface area contributed by atoms with Crippen LogP contribution in [0.5, 0.6) is 11.5 Å². The molecule has 0 spiro atoms. The topological polar surface area (TPSA) is 83.5 Å². The SMILES string of the molecule is CCCOc1ccc(/C=C/c2nc3s/c(=C\c4cn(-c5ccccc5)nc4-c4ccc(OCCC)c(C)c4)c(=O)n3n2)cc1. The molecule has 8 nitrogen and oxygen atoms in total. The Morgan fingerprint density at radius 3 is 2.39 bits per heavy atom. The second-order valence-corrected chi connectivity index (χ2v) is 11.4. The molecule has 222 valence electrons. The van der Waals surface area contributed by atoms with E-state index in [1.807, 2.05) is 103 Å². The van der Waals surface area contributed by atoms with E-state index >= 15 is 0 Å². The number of fused-ring (bicyclic) bond motifs is 1. The summed E-state index contributed by atoms with van der Waals surface area (Å²) in [5, 5.41) is 9.39. The maximum atomic E-state index is 13.4. The molecule has 0 atom stereocenters. The van der Waals surface area contributed by atoms with Crippen LogP contribution in [0.2, 0.25) is 0 Å². The lowest BCUT2D eigenvalue weighted by molar-refractivity contribution is 0.315. The number of nitrogens with zero attached hydrogens (tertiary/aromatic N) is 5. The largest absolute Gasteiger partial charge is 0.494 e. The van der Waals surface area contributed by atoms with Gasteiger partial charge in [0, 0.05) is 17.3 Å². The van der Waals surface area contributed by atoms with Gasteiger partial charge in [-0.05, 0) is 85.5 Å². The van der Waals surface area contributed by atoms with E-state index in [1.54, 1.807) is 0 Å². The van der Waals surface area contributed by atoms with Crippen LogP contribution in [0, 0.1) is 6.92 Å². The molecule has 0 bridgehead atoms. The zero-order valence-electron chi connectivity index (χ0n) is 24.9. The van der Waals surface area contributed by atoms with Crippen molar-refractivity contribution in [1.29, 1.82) is 0 Å². The lowest BCUT2D eigenvalue weighted by Gasteiger charge is -2.09. The van der Waals surface area contributed by atoms with Gasteiger partial charge in [-0.2, -0.15) is 14.6 Å². The Hall–Kier alpha value is -5.02. The summed E-state index contributed by atoms with van der Waals surface area (Å²) < 4.78 is 15.3. The van der Waals surface area contributed by atoms with Gasteiger partial charge in [0.2, 0.25) is 4.96 Å². The third kappa shape index (κ3) is 6.33. The number of rotatable bonds is 11. The lowest BCUT2D eigenvalue weighted by atomic mass is 10.0. The number of para-hydroxylation sites is 1. The van der Waals surface area contributed by atoms with Gasteiger partial charge in [0.05, 0.1) is 23.4 Å². The quantitative estimate of drug-likeness (QED) is 0.166. The molecule has 0 fully saturated rings. The fourth-order valence-electron chi connectivity index (χ4n) is 4.73. The highest BCUT2D eigenvalue weighted by molar-refractivity contribution is 7.15. The summed E-state index contributed by atoms with van der Waals surface area (Å²) in [6, 6.07) is 23.8. The Labute approximate surface area is 259 Å². The smallest absolute Gasteiger partial charge is 0.291 e. The number of hydrogen-bond donors (Lipinski definition) is 0. The summed E-state index contributed by atoms with van der Waals surface area (Å²) in [4.78, 5) is 18.6. The van der Waals surface area contributed by atoms with Gasteiger partial charge in [-0.15, -0.1) is 5.10 Å². The number of hydrogen-bond acceptors (Lipinski definition) is 7. The minimum Gasteiger partial charge on any atom is -0.494 e. The number of ether oxygens (including phenoxy) is 2. The van der Waals surface area contributed by atoms with Crippen LogP contribution >= 0.6 is 11.3 Å². The van der Waals surface area contributed by atoms with Crippen molar-refractivity contribution < 1.29 is 9.47 Å². The number of aromatic nitrogens is 5. The van der Waals surface area contributed by atoms with Gasteiger partial charge in [-0.25, -0.2) is 4.68 Å². The molecule has 9 heteroatoms. The molecule has 3 aromatic carbocycles. The first-order chi connectivity index (χ1) is 21.5. The molecule has 44 heavy (non-hydrogen) atoms. The van der Waals surface area contributed by atoms with Gasteiger partial charge in [-0.3, -0.25) is 4.79 Å². The van der Waals surface area contributed by atoms with Gasteiger partial charge in [0.25, 0.3) is 5.56 Å². The highest BCUT2D eigenvalue weighted by Crippen LogP contribution is 2.29. The van der Waals surface area contributed by atoms with Crippen LogP contribution in [-0.2, 0) is 0 Å². The first-order valence-electron chi connectivity index (χ1n) is 14.7. The highest BCUT2D eigenvalue weighted by Gasteiger charge is 2.15. The first kappa shape index (κ1) is 29.1. The van der Waals surface area contributed by atoms with E-state index in [-0.39, 0.29) is 5.56 Å². The van der Waals surface area contributed by atoms with Gasteiger partial charge in [0.15, 0.2) is 5.82 Å². The highest BCUT2D eigenvalue weighted by atomic mass is 32.1. The summed E-state index contributed by atoms with van der Waals surface area (Å²) in [5.74, 6) is 2.18. The standard InChI is InChI=1S/C35H33N5O3S/c1-4-19-42-29-15-11-25(12-16-29)13-18-32-36-35-40(37-32)34(41)31(44-35)22-27-23-39(28-9-7-6-8-10-28)38-33(27)26-14-17-30(24(3)21-26)43-20-5-2/h6-18,21-23H,4-5,19-20H2,1-3H3/b18-13+,31-22-. The zero-order valence-corrected chi connectivity index (χ0v) is 25.8. The van der Waals surface area contributed by atoms with Crippen LogP contribution in [-0.4, -0.2) is 37.6 Å².